The van der Waals surface area contributed by atoms with E-state index in [1.807, 2.05) is 47.3 Å². The van der Waals surface area contributed by atoms with E-state index >= 15 is 0 Å². The summed E-state index contributed by atoms with van der Waals surface area (Å²) in [5.74, 6) is 2.38. The molecule has 0 fully saturated rings. The van der Waals surface area contributed by atoms with Crippen molar-refractivity contribution in [2.75, 3.05) is 4.90 Å². The minimum atomic E-state index is -0.0138. The van der Waals surface area contributed by atoms with Gasteiger partial charge in [-0.2, -0.15) is 0 Å². The number of hydrogen-bond acceptors (Lipinski definition) is 4. The van der Waals surface area contributed by atoms with Crippen molar-refractivity contribution in [1.82, 2.24) is 14.5 Å². The Bertz CT molecular complexity index is 1870. The third-order valence-corrected chi connectivity index (χ3v) is 7.56. The molecular formula is C36H30N4O. The van der Waals surface area contributed by atoms with Crippen LogP contribution in [0.4, 0.5) is 17.2 Å². The fraction of sp³-hybridized carbons (Fsp3) is 0.111. The van der Waals surface area contributed by atoms with Gasteiger partial charge < -0.3 is 9.30 Å². The molecule has 0 unspecified atom stereocenters. The second-order valence-corrected chi connectivity index (χ2v) is 11.3. The van der Waals surface area contributed by atoms with Gasteiger partial charge in [0.15, 0.2) is 0 Å². The molecule has 5 nitrogen and oxygen atoms in total. The maximum absolute atomic E-state index is 6.48. The van der Waals surface area contributed by atoms with Gasteiger partial charge in [-0.1, -0.05) is 69.3 Å². The monoisotopic (exact) mass is 534 g/mol. The van der Waals surface area contributed by atoms with E-state index in [-0.39, 0.29) is 5.41 Å². The van der Waals surface area contributed by atoms with E-state index in [0.717, 1.165) is 45.5 Å². The van der Waals surface area contributed by atoms with Gasteiger partial charge in [0, 0.05) is 41.9 Å². The van der Waals surface area contributed by atoms with Crippen LogP contribution in [0, 0.1) is 0 Å². The minimum absolute atomic E-state index is 0.0138. The molecule has 3 heterocycles. The third kappa shape index (κ3) is 4.55. The number of fused-ring (bicyclic) bond motifs is 5. The Morgan fingerprint density at radius 3 is 2.12 bits per heavy atom. The van der Waals surface area contributed by atoms with Gasteiger partial charge in [-0.05, 0) is 64.6 Å². The van der Waals surface area contributed by atoms with Crippen LogP contribution in [0.2, 0.25) is 0 Å². The molecule has 4 aromatic carbocycles. The Hall–Kier alpha value is -5.16. The molecule has 0 N–H and O–H groups in total. The predicted octanol–water partition coefficient (Wildman–Crippen LogP) is 9.47. The lowest BCUT2D eigenvalue weighted by molar-refractivity contribution is 0.482. The number of rotatable bonds is 4. The lowest BCUT2D eigenvalue weighted by Crippen LogP contribution is -2.16. The van der Waals surface area contributed by atoms with Crippen LogP contribution in [0.3, 0.4) is 0 Å². The molecule has 2 aromatic heterocycles. The molecule has 0 spiro atoms. The number of ether oxygens (including phenoxy) is 1. The first-order valence-corrected chi connectivity index (χ1v) is 13.8. The average Bonchev–Trinajstić information content (AvgIpc) is 3.50. The van der Waals surface area contributed by atoms with Gasteiger partial charge >= 0.3 is 0 Å². The maximum atomic E-state index is 6.48. The fourth-order valence-corrected chi connectivity index (χ4v) is 5.48. The maximum Gasteiger partial charge on any atom is 0.137 e. The fourth-order valence-electron chi connectivity index (χ4n) is 5.48. The molecule has 1 aliphatic rings. The summed E-state index contributed by atoms with van der Waals surface area (Å²) in [6.45, 7) is 6.70. The van der Waals surface area contributed by atoms with Crippen LogP contribution in [-0.2, 0) is 5.41 Å². The molecule has 41 heavy (non-hydrogen) atoms. The summed E-state index contributed by atoms with van der Waals surface area (Å²) in [5, 5.41) is 0. The number of para-hydroxylation sites is 1. The molecule has 0 aliphatic carbocycles. The molecule has 5 heteroatoms. The molecule has 0 atom stereocenters. The number of aromatic nitrogens is 3. The van der Waals surface area contributed by atoms with Gasteiger partial charge in [0.1, 0.15) is 17.3 Å². The predicted molar refractivity (Wildman–Crippen MR) is 166 cm³/mol. The first kappa shape index (κ1) is 24.9. The van der Waals surface area contributed by atoms with Gasteiger partial charge in [-0.3, -0.25) is 4.90 Å². The lowest BCUT2D eigenvalue weighted by atomic mass is 9.87. The zero-order chi connectivity index (χ0) is 28.0. The molecule has 6 aromatic rings. The summed E-state index contributed by atoms with van der Waals surface area (Å²) in [5.41, 5.74) is 8.96. The van der Waals surface area contributed by atoms with Crippen LogP contribution in [-0.4, -0.2) is 14.5 Å². The number of nitrogens with zero attached hydrogens (tertiary/aromatic N) is 4. The van der Waals surface area contributed by atoms with E-state index in [1.54, 1.807) is 12.5 Å². The highest BCUT2D eigenvalue weighted by Gasteiger charge is 2.28. The summed E-state index contributed by atoms with van der Waals surface area (Å²) < 4.78 is 8.45. The van der Waals surface area contributed by atoms with Crippen LogP contribution < -0.4 is 9.64 Å². The number of benzene rings is 4. The van der Waals surface area contributed by atoms with Crippen molar-refractivity contribution in [3.05, 3.63) is 134 Å². The average molecular weight is 535 g/mol. The molecule has 0 saturated heterocycles. The van der Waals surface area contributed by atoms with Gasteiger partial charge in [-0.25, -0.2) is 9.97 Å². The van der Waals surface area contributed by atoms with Crippen molar-refractivity contribution in [1.29, 1.82) is 0 Å². The van der Waals surface area contributed by atoms with Crippen LogP contribution in [0.5, 0.6) is 11.5 Å². The summed E-state index contributed by atoms with van der Waals surface area (Å²) in [6, 6.07) is 35.8. The third-order valence-electron chi connectivity index (χ3n) is 7.56. The quantitative estimate of drug-likeness (QED) is 0.226. The number of anilines is 3. The molecule has 1 aliphatic heterocycles. The van der Waals surface area contributed by atoms with Crippen LogP contribution in [0.1, 0.15) is 26.3 Å². The molecular weight excluding hydrogens is 504 g/mol. The van der Waals surface area contributed by atoms with Crippen molar-refractivity contribution < 1.29 is 4.74 Å². The Labute approximate surface area is 240 Å². The van der Waals surface area contributed by atoms with E-state index in [4.69, 9.17) is 9.72 Å². The van der Waals surface area contributed by atoms with Gasteiger partial charge in [0.05, 0.1) is 23.4 Å². The van der Waals surface area contributed by atoms with Crippen LogP contribution in [0.25, 0.3) is 27.9 Å². The number of pyridine rings is 1. The van der Waals surface area contributed by atoms with Gasteiger partial charge in [0.25, 0.3) is 0 Å². The topological polar surface area (TPSA) is 43.2 Å². The second kappa shape index (κ2) is 9.79. The van der Waals surface area contributed by atoms with Crippen molar-refractivity contribution in [2.45, 2.75) is 26.2 Å². The van der Waals surface area contributed by atoms with Crippen molar-refractivity contribution >= 4 is 17.2 Å². The highest BCUT2D eigenvalue weighted by Crippen LogP contribution is 2.51. The van der Waals surface area contributed by atoms with Crippen molar-refractivity contribution in [2.24, 2.45) is 0 Å². The summed E-state index contributed by atoms with van der Waals surface area (Å²) in [7, 11) is 0. The Balaban J connectivity index is 1.41. The SMILES string of the molecule is CC(C)(C)c1ccnc(N2c3ccccc3-c3ccccc3-c3ccc(Oc4cccc(-n5ccnc5)c4)cc32)c1. The van der Waals surface area contributed by atoms with Gasteiger partial charge in [-0.15, -0.1) is 0 Å². The van der Waals surface area contributed by atoms with Crippen molar-refractivity contribution in [3.63, 3.8) is 0 Å². The molecule has 0 saturated carbocycles. The van der Waals surface area contributed by atoms with E-state index in [1.165, 1.54) is 16.7 Å². The van der Waals surface area contributed by atoms with Crippen LogP contribution >= 0.6 is 0 Å². The highest BCUT2D eigenvalue weighted by molar-refractivity contribution is 6.02. The Morgan fingerprint density at radius 2 is 1.37 bits per heavy atom. The first-order chi connectivity index (χ1) is 20.0. The van der Waals surface area contributed by atoms with Gasteiger partial charge in [0.2, 0.25) is 0 Å². The zero-order valence-electron chi connectivity index (χ0n) is 23.3. The van der Waals surface area contributed by atoms with E-state index in [2.05, 4.69) is 103 Å². The van der Waals surface area contributed by atoms with E-state index < -0.39 is 0 Å². The number of hydrogen-bond donors (Lipinski definition) is 0. The van der Waals surface area contributed by atoms with Crippen molar-refractivity contribution in [3.8, 4) is 39.4 Å². The zero-order valence-corrected chi connectivity index (χ0v) is 23.3. The highest BCUT2D eigenvalue weighted by atomic mass is 16.5. The van der Waals surface area contributed by atoms with Crippen LogP contribution in [0.15, 0.2) is 128 Å². The second-order valence-electron chi connectivity index (χ2n) is 11.3. The van der Waals surface area contributed by atoms with E-state index in [0.29, 0.717) is 0 Å². The Morgan fingerprint density at radius 1 is 0.634 bits per heavy atom. The molecule has 0 bridgehead atoms. The normalized spacial score (nSPS) is 12.2. The standard InChI is InChI=1S/C36H30N4O/c1-36(2,3)25-17-18-38-35(21-25)40-33-14-7-6-13-31(33)29-11-4-5-12-30(29)32-16-15-28(23-34(32)40)41-27-10-8-9-26(22-27)39-20-19-37-24-39/h4-24H,1-3H3. The molecule has 0 amide bonds. The summed E-state index contributed by atoms with van der Waals surface area (Å²) in [6.07, 6.45) is 7.39. The molecule has 7 rings (SSSR count). The molecule has 200 valence electrons. The summed E-state index contributed by atoms with van der Waals surface area (Å²) >= 11 is 0. The minimum Gasteiger partial charge on any atom is -0.457 e. The Kier molecular flexibility index (Phi) is 5.93. The first-order valence-electron chi connectivity index (χ1n) is 13.8. The lowest BCUT2D eigenvalue weighted by Gasteiger charge is -2.28. The summed E-state index contributed by atoms with van der Waals surface area (Å²) in [4.78, 5) is 11.4. The van der Waals surface area contributed by atoms with E-state index in [9.17, 15) is 0 Å². The smallest absolute Gasteiger partial charge is 0.137 e. The largest absolute Gasteiger partial charge is 0.457 e. The number of imidazole rings is 1. The molecule has 0 radical (unpaired) electrons.